The molecule has 0 radical (unpaired) electrons. The number of carbonyl (C=O) groups excluding carboxylic acids is 2. The van der Waals surface area contributed by atoms with Crippen molar-refractivity contribution in [2.24, 2.45) is 18.4 Å². The summed E-state index contributed by atoms with van der Waals surface area (Å²) in [5, 5.41) is 9.75. The Kier molecular flexibility index (Phi) is 8.83. The van der Waals surface area contributed by atoms with Crippen LogP contribution in [0.1, 0.15) is 82.4 Å². The van der Waals surface area contributed by atoms with Crippen molar-refractivity contribution in [1.82, 2.24) is 14.5 Å². The van der Waals surface area contributed by atoms with E-state index in [9.17, 15) is 24.3 Å². The largest absolute Gasteiger partial charge is 0.477 e. The first kappa shape index (κ1) is 37.3. The smallest absolute Gasteiger partial charge is 0.414 e. The topological polar surface area (TPSA) is 144 Å². The number of hydrogen-bond acceptors (Lipinski definition) is 9. The summed E-state index contributed by atoms with van der Waals surface area (Å²) in [4.78, 5) is 64.4. The van der Waals surface area contributed by atoms with Gasteiger partial charge in [0.1, 0.15) is 28.2 Å². The van der Waals surface area contributed by atoms with Gasteiger partial charge in [0.05, 0.1) is 27.5 Å². The Hall–Kier alpha value is -5.04. The van der Waals surface area contributed by atoms with E-state index in [1.54, 1.807) is 46.3 Å². The van der Waals surface area contributed by atoms with Crippen LogP contribution in [0.2, 0.25) is 5.02 Å². The Morgan fingerprint density at radius 2 is 1.78 bits per heavy atom. The average molecular weight is 760 g/mol. The molecule has 1 saturated carbocycles. The Morgan fingerprint density at radius 1 is 1.07 bits per heavy atom. The number of aryl methyl sites for hydroxylation is 1. The molecule has 1 amide bonds. The monoisotopic (exact) mass is 759 g/mol. The van der Waals surface area contributed by atoms with Gasteiger partial charge in [-0.3, -0.25) is 19.5 Å². The van der Waals surface area contributed by atoms with Crippen molar-refractivity contribution in [1.29, 1.82) is 0 Å². The van der Waals surface area contributed by atoms with Gasteiger partial charge < -0.3 is 24.0 Å². The minimum Gasteiger partial charge on any atom is -0.477 e. The first-order valence-corrected chi connectivity index (χ1v) is 18.3. The third-order valence-electron chi connectivity index (χ3n) is 10.5. The number of aromatic carboxylic acids is 1. The molecule has 1 saturated heterocycles. The number of amides is 1. The fourth-order valence-corrected chi connectivity index (χ4v) is 8.28. The highest BCUT2D eigenvalue weighted by Crippen LogP contribution is 2.62. The van der Waals surface area contributed by atoms with Crippen LogP contribution in [0.3, 0.4) is 0 Å². The van der Waals surface area contributed by atoms with Crippen LogP contribution in [0, 0.1) is 17.2 Å². The lowest BCUT2D eigenvalue weighted by Crippen LogP contribution is -2.34. The van der Waals surface area contributed by atoms with E-state index in [-0.39, 0.29) is 39.7 Å². The van der Waals surface area contributed by atoms with Crippen LogP contribution in [0.15, 0.2) is 35.5 Å². The lowest BCUT2D eigenvalue weighted by Gasteiger charge is -2.27. The van der Waals surface area contributed by atoms with Crippen molar-refractivity contribution >= 4 is 52.0 Å². The SMILES string of the molecule is CN(C(=O)OC(C)(C)C)c1cc(F)c(Cl)c2c1Cc1ncc(-c3cnc4c(c3)c(=O)c(C(=O)O)cn4C)c(N3CC[C@@]4(C[C@H]4CC(=O)OC(C)(C)C)C3)c1-2. The number of carboxylic acid groups (broad SMARTS) is 1. The zero-order valence-electron chi connectivity index (χ0n) is 31.6. The molecule has 0 bridgehead atoms. The molecule has 4 heterocycles. The Balaban J connectivity index is 1.39. The second-order valence-electron chi connectivity index (χ2n) is 16.7. The summed E-state index contributed by atoms with van der Waals surface area (Å²) in [6.07, 6.45) is 6.07. The molecule has 4 aromatic rings. The zero-order chi connectivity index (χ0) is 39.2. The van der Waals surface area contributed by atoms with Gasteiger partial charge in [-0.15, -0.1) is 0 Å². The number of halogens is 2. The number of benzene rings is 1. The van der Waals surface area contributed by atoms with E-state index in [2.05, 4.69) is 9.88 Å². The summed E-state index contributed by atoms with van der Waals surface area (Å²) in [7, 11) is 3.14. The number of pyridine rings is 3. The van der Waals surface area contributed by atoms with Crippen LogP contribution in [0.4, 0.5) is 20.6 Å². The highest BCUT2D eigenvalue weighted by molar-refractivity contribution is 6.34. The number of nitrogens with zero attached hydrogens (tertiary/aromatic N) is 5. The molecular weight excluding hydrogens is 717 g/mol. The maximum Gasteiger partial charge on any atom is 0.414 e. The number of hydrogen-bond donors (Lipinski definition) is 1. The molecule has 2 atom stereocenters. The van der Waals surface area contributed by atoms with Crippen molar-refractivity contribution in [3.05, 3.63) is 68.6 Å². The van der Waals surface area contributed by atoms with E-state index in [0.29, 0.717) is 70.0 Å². The molecule has 1 spiro atoms. The maximum atomic E-state index is 15.9. The van der Waals surface area contributed by atoms with Crippen molar-refractivity contribution in [2.45, 2.75) is 78.4 Å². The molecule has 54 heavy (non-hydrogen) atoms. The Bertz CT molecular complexity index is 2350. The second kappa shape index (κ2) is 12.8. The number of aromatic nitrogens is 3. The highest BCUT2D eigenvalue weighted by Gasteiger charge is 2.58. The van der Waals surface area contributed by atoms with Crippen molar-refractivity contribution in [2.75, 3.05) is 29.9 Å². The molecular formula is C40H43ClFN5O7. The maximum absolute atomic E-state index is 15.9. The van der Waals surface area contributed by atoms with Gasteiger partial charge in [-0.25, -0.2) is 19.0 Å². The van der Waals surface area contributed by atoms with Crippen LogP contribution in [0.5, 0.6) is 0 Å². The quantitative estimate of drug-likeness (QED) is 0.174. The van der Waals surface area contributed by atoms with Gasteiger partial charge in [0.15, 0.2) is 0 Å². The zero-order valence-corrected chi connectivity index (χ0v) is 32.4. The normalized spacial score (nSPS) is 18.9. The predicted molar refractivity (Wildman–Crippen MR) is 203 cm³/mol. The highest BCUT2D eigenvalue weighted by atomic mass is 35.5. The summed E-state index contributed by atoms with van der Waals surface area (Å²) in [5.41, 5.74) is 2.02. The summed E-state index contributed by atoms with van der Waals surface area (Å²) in [6.45, 7) is 12.0. The van der Waals surface area contributed by atoms with Crippen LogP contribution in [0.25, 0.3) is 33.3 Å². The minimum atomic E-state index is -1.35. The third-order valence-corrected chi connectivity index (χ3v) is 10.9. The summed E-state index contributed by atoms with van der Waals surface area (Å²) >= 11 is 6.85. The Labute approximate surface area is 316 Å². The van der Waals surface area contributed by atoms with Gasteiger partial charge in [-0.1, -0.05) is 11.6 Å². The lowest BCUT2D eigenvalue weighted by atomic mass is 9.97. The van der Waals surface area contributed by atoms with E-state index in [0.717, 1.165) is 12.8 Å². The molecule has 1 aliphatic heterocycles. The third kappa shape index (κ3) is 6.56. The van der Waals surface area contributed by atoms with Gasteiger partial charge in [-0.2, -0.15) is 0 Å². The molecule has 12 nitrogen and oxygen atoms in total. The van der Waals surface area contributed by atoms with E-state index in [1.165, 1.54) is 28.8 Å². The molecule has 3 aliphatic rings. The van der Waals surface area contributed by atoms with Gasteiger partial charge in [0.25, 0.3) is 0 Å². The van der Waals surface area contributed by atoms with E-state index >= 15 is 4.39 Å². The second-order valence-corrected chi connectivity index (χ2v) is 17.1. The minimum absolute atomic E-state index is 0.115. The first-order chi connectivity index (χ1) is 25.2. The van der Waals surface area contributed by atoms with Gasteiger partial charge in [-0.05, 0) is 83.4 Å². The van der Waals surface area contributed by atoms with Crippen molar-refractivity contribution in [3.63, 3.8) is 0 Å². The number of fused-ring (bicyclic) bond motifs is 4. The van der Waals surface area contributed by atoms with Crippen LogP contribution in [-0.2, 0) is 27.7 Å². The first-order valence-electron chi connectivity index (χ1n) is 17.9. The van der Waals surface area contributed by atoms with Crippen molar-refractivity contribution < 1.29 is 33.4 Å². The predicted octanol–water partition coefficient (Wildman–Crippen LogP) is 7.38. The summed E-state index contributed by atoms with van der Waals surface area (Å²) in [6, 6.07) is 2.85. The molecule has 1 aromatic carbocycles. The molecule has 0 unspecified atom stereocenters. The summed E-state index contributed by atoms with van der Waals surface area (Å²) < 4.78 is 28.7. The standard InChI is InChI=1S/C40H43ClFN5O7/c1-38(2,3)53-29(48)12-21-15-40(21)9-10-47(19-40)33-24(20-11-23-34(49)25(36(50)51)18-45(7)35(23)44-16-20)17-43-27-13-22-28(46(8)37(52)54-39(4,5)6)14-26(42)32(41)30(22)31(27)33/h11,14,16-18,21H,9-10,12-13,15,19H2,1-8H3,(H,50,51)/t21-,40-/m1/s1. The number of anilines is 2. The fourth-order valence-electron chi connectivity index (χ4n) is 8.02. The molecule has 14 heteroatoms. The number of carboxylic acids is 1. The van der Waals surface area contributed by atoms with E-state index < -0.39 is 34.5 Å². The van der Waals surface area contributed by atoms with E-state index in [1.807, 2.05) is 20.8 Å². The number of carbonyl (C=O) groups is 3. The lowest BCUT2D eigenvalue weighted by molar-refractivity contribution is -0.155. The van der Waals surface area contributed by atoms with Gasteiger partial charge in [0.2, 0.25) is 5.43 Å². The van der Waals surface area contributed by atoms with Gasteiger partial charge in [0, 0.05) is 80.9 Å². The molecule has 7 rings (SSSR count). The number of rotatable bonds is 6. The number of ether oxygens (including phenoxy) is 2. The Morgan fingerprint density at radius 3 is 2.44 bits per heavy atom. The average Bonchev–Trinajstić information content (AvgIpc) is 3.35. The van der Waals surface area contributed by atoms with Crippen LogP contribution >= 0.6 is 11.6 Å². The van der Waals surface area contributed by atoms with Crippen LogP contribution in [-0.4, -0.2) is 69.0 Å². The van der Waals surface area contributed by atoms with Crippen molar-refractivity contribution in [3.8, 4) is 22.3 Å². The summed E-state index contributed by atoms with van der Waals surface area (Å²) in [5.74, 6) is -2.19. The van der Waals surface area contributed by atoms with Gasteiger partial charge >= 0.3 is 18.0 Å². The fraction of sp³-hybridized carbons (Fsp3) is 0.450. The van der Waals surface area contributed by atoms with Crippen LogP contribution < -0.4 is 15.2 Å². The molecule has 2 aliphatic carbocycles. The molecule has 284 valence electrons. The van der Waals surface area contributed by atoms with E-state index in [4.69, 9.17) is 26.1 Å². The molecule has 2 fully saturated rings. The molecule has 1 N–H and O–H groups in total. The molecule has 3 aromatic heterocycles. The number of esters is 1.